The van der Waals surface area contributed by atoms with E-state index in [4.69, 9.17) is 0 Å². The first-order valence-corrected chi connectivity index (χ1v) is 6.82. The lowest BCUT2D eigenvalue weighted by atomic mass is 9.95. The lowest BCUT2D eigenvalue weighted by Gasteiger charge is -2.37. The number of fused-ring (bicyclic) bond motifs is 1. The number of β-amino-alcohol motifs (C(OH)–C–C–N with tert-alkyl or cyclic N) is 1. The standard InChI is InChI=1S/C15H24N2O/c1-11(2)15(18)10-17-9-8-13(16-3)12-6-4-5-7-14(12)17/h4-7,11,13,15-16,18H,8-10H2,1-3H3. The zero-order valence-corrected chi connectivity index (χ0v) is 11.6. The Morgan fingerprint density at radius 1 is 1.39 bits per heavy atom. The van der Waals surface area contributed by atoms with Gasteiger partial charge in [-0.05, 0) is 31.0 Å². The van der Waals surface area contributed by atoms with Crippen molar-refractivity contribution >= 4 is 5.69 Å². The average Bonchev–Trinajstić information content (AvgIpc) is 2.39. The first kappa shape index (κ1) is 13.4. The van der Waals surface area contributed by atoms with Crippen molar-refractivity contribution in [3.05, 3.63) is 29.8 Å². The Morgan fingerprint density at radius 3 is 2.78 bits per heavy atom. The van der Waals surface area contributed by atoms with Crippen LogP contribution in [-0.4, -0.2) is 31.3 Å². The molecule has 18 heavy (non-hydrogen) atoms. The largest absolute Gasteiger partial charge is 0.391 e. The molecule has 2 atom stereocenters. The van der Waals surface area contributed by atoms with E-state index in [1.54, 1.807) is 0 Å². The summed E-state index contributed by atoms with van der Waals surface area (Å²) in [7, 11) is 2.01. The third kappa shape index (κ3) is 2.68. The summed E-state index contributed by atoms with van der Waals surface area (Å²) in [6, 6.07) is 8.95. The van der Waals surface area contributed by atoms with Gasteiger partial charge in [-0.25, -0.2) is 0 Å². The van der Waals surface area contributed by atoms with Crippen molar-refractivity contribution in [2.24, 2.45) is 5.92 Å². The van der Waals surface area contributed by atoms with Crippen molar-refractivity contribution in [2.45, 2.75) is 32.4 Å². The van der Waals surface area contributed by atoms with Gasteiger partial charge in [-0.15, -0.1) is 0 Å². The Kier molecular flexibility index (Phi) is 4.25. The smallest absolute Gasteiger partial charge is 0.0737 e. The zero-order chi connectivity index (χ0) is 13.1. The number of nitrogens with one attached hydrogen (secondary N) is 1. The van der Waals surface area contributed by atoms with Crippen molar-refractivity contribution in [2.75, 3.05) is 25.0 Å². The van der Waals surface area contributed by atoms with Crippen molar-refractivity contribution < 1.29 is 5.11 Å². The molecule has 0 spiro atoms. The molecule has 3 heteroatoms. The second kappa shape index (κ2) is 5.72. The highest BCUT2D eigenvalue weighted by Gasteiger charge is 2.25. The minimum Gasteiger partial charge on any atom is -0.391 e. The van der Waals surface area contributed by atoms with Crippen LogP contribution in [-0.2, 0) is 0 Å². The quantitative estimate of drug-likeness (QED) is 0.857. The molecule has 0 saturated carbocycles. The predicted octanol–water partition coefficient (Wildman–Crippen LogP) is 2.17. The fourth-order valence-corrected chi connectivity index (χ4v) is 2.56. The van der Waals surface area contributed by atoms with E-state index in [2.05, 4.69) is 48.3 Å². The fourth-order valence-electron chi connectivity index (χ4n) is 2.56. The molecule has 0 bridgehead atoms. The molecule has 0 saturated heterocycles. The molecule has 1 heterocycles. The Morgan fingerprint density at radius 2 is 2.11 bits per heavy atom. The van der Waals surface area contributed by atoms with Gasteiger partial charge in [-0.1, -0.05) is 32.0 Å². The number of rotatable bonds is 4. The maximum atomic E-state index is 10.1. The minimum atomic E-state index is -0.260. The number of aliphatic hydroxyl groups is 1. The van der Waals surface area contributed by atoms with Crippen LogP contribution >= 0.6 is 0 Å². The fraction of sp³-hybridized carbons (Fsp3) is 0.600. The molecule has 100 valence electrons. The summed E-state index contributed by atoms with van der Waals surface area (Å²) in [6.07, 6.45) is 0.836. The molecule has 1 aliphatic rings. The molecule has 0 aromatic heterocycles. The van der Waals surface area contributed by atoms with Crippen LogP contribution in [0, 0.1) is 5.92 Å². The summed E-state index contributed by atoms with van der Waals surface area (Å²) in [4.78, 5) is 2.31. The lowest BCUT2D eigenvalue weighted by Crippen LogP contribution is -2.40. The molecule has 2 rings (SSSR count). The van der Waals surface area contributed by atoms with Crippen LogP contribution in [0.3, 0.4) is 0 Å². The van der Waals surface area contributed by atoms with Gasteiger partial charge in [-0.3, -0.25) is 0 Å². The summed E-state index contributed by atoms with van der Waals surface area (Å²) < 4.78 is 0. The van der Waals surface area contributed by atoms with Crippen molar-refractivity contribution in [3.8, 4) is 0 Å². The van der Waals surface area contributed by atoms with Crippen LogP contribution in [0.25, 0.3) is 0 Å². The molecule has 0 fully saturated rings. The van der Waals surface area contributed by atoms with Crippen LogP contribution in [0.1, 0.15) is 31.9 Å². The number of benzene rings is 1. The molecular weight excluding hydrogens is 224 g/mol. The maximum Gasteiger partial charge on any atom is 0.0737 e. The number of para-hydroxylation sites is 1. The van der Waals surface area contributed by atoms with Gasteiger partial charge in [-0.2, -0.15) is 0 Å². The van der Waals surface area contributed by atoms with Crippen LogP contribution in [0.5, 0.6) is 0 Å². The minimum absolute atomic E-state index is 0.260. The Bertz CT molecular complexity index is 392. The van der Waals surface area contributed by atoms with Crippen LogP contribution in [0.2, 0.25) is 0 Å². The highest BCUT2D eigenvalue weighted by atomic mass is 16.3. The third-order valence-corrected chi connectivity index (χ3v) is 3.87. The van der Waals surface area contributed by atoms with Crippen molar-refractivity contribution in [1.29, 1.82) is 0 Å². The van der Waals surface area contributed by atoms with Gasteiger partial charge in [0.2, 0.25) is 0 Å². The monoisotopic (exact) mass is 248 g/mol. The molecule has 0 aliphatic carbocycles. The van der Waals surface area contributed by atoms with Gasteiger partial charge in [0.05, 0.1) is 6.10 Å². The molecular formula is C15H24N2O. The summed E-state index contributed by atoms with van der Waals surface area (Å²) in [5.74, 6) is 0.305. The van der Waals surface area contributed by atoms with Gasteiger partial charge in [0.25, 0.3) is 0 Å². The van der Waals surface area contributed by atoms with Gasteiger partial charge in [0.1, 0.15) is 0 Å². The average molecular weight is 248 g/mol. The van der Waals surface area contributed by atoms with E-state index in [0.29, 0.717) is 12.0 Å². The topological polar surface area (TPSA) is 35.5 Å². The van der Waals surface area contributed by atoms with E-state index in [9.17, 15) is 5.11 Å². The Labute approximate surface area is 110 Å². The Balaban J connectivity index is 2.20. The van der Waals surface area contributed by atoms with Gasteiger partial charge < -0.3 is 15.3 Å². The van der Waals surface area contributed by atoms with Crippen LogP contribution in [0.15, 0.2) is 24.3 Å². The van der Waals surface area contributed by atoms with E-state index in [0.717, 1.165) is 19.5 Å². The second-order valence-corrected chi connectivity index (χ2v) is 5.45. The highest BCUT2D eigenvalue weighted by Crippen LogP contribution is 2.33. The third-order valence-electron chi connectivity index (χ3n) is 3.87. The first-order valence-electron chi connectivity index (χ1n) is 6.82. The molecule has 0 amide bonds. The van der Waals surface area contributed by atoms with E-state index in [1.807, 2.05) is 7.05 Å². The highest BCUT2D eigenvalue weighted by molar-refractivity contribution is 5.57. The second-order valence-electron chi connectivity index (χ2n) is 5.45. The first-order chi connectivity index (χ1) is 8.63. The molecule has 2 unspecified atom stereocenters. The summed E-state index contributed by atoms with van der Waals surface area (Å²) in [5.41, 5.74) is 2.62. The van der Waals surface area contributed by atoms with Crippen LogP contribution in [0.4, 0.5) is 5.69 Å². The molecule has 3 nitrogen and oxygen atoms in total. The molecule has 1 aliphatic heterocycles. The molecule has 2 N–H and O–H groups in total. The summed E-state index contributed by atoms with van der Waals surface area (Å²) >= 11 is 0. The van der Waals surface area contributed by atoms with E-state index in [-0.39, 0.29) is 6.10 Å². The van der Waals surface area contributed by atoms with Gasteiger partial charge in [0.15, 0.2) is 0 Å². The lowest BCUT2D eigenvalue weighted by molar-refractivity contribution is 0.130. The summed E-state index contributed by atoms with van der Waals surface area (Å²) in [5, 5.41) is 13.4. The van der Waals surface area contributed by atoms with E-state index in [1.165, 1.54) is 11.3 Å². The van der Waals surface area contributed by atoms with Crippen molar-refractivity contribution in [3.63, 3.8) is 0 Å². The number of anilines is 1. The van der Waals surface area contributed by atoms with Crippen molar-refractivity contribution in [1.82, 2.24) is 5.32 Å². The van der Waals surface area contributed by atoms with Gasteiger partial charge in [0, 0.05) is 24.8 Å². The van der Waals surface area contributed by atoms with Gasteiger partial charge >= 0.3 is 0 Å². The normalized spacial score (nSPS) is 20.9. The molecule has 1 aromatic carbocycles. The summed E-state index contributed by atoms with van der Waals surface area (Å²) in [6.45, 7) is 5.87. The van der Waals surface area contributed by atoms with Crippen LogP contribution < -0.4 is 10.2 Å². The number of nitrogens with zero attached hydrogens (tertiary/aromatic N) is 1. The van der Waals surface area contributed by atoms with E-state index < -0.39 is 0 Å². The predicted molar refractivity (Wildman–Crippen MR) is 75.9 cm³/mol. The Hall–Kier alpha value is -1.06. The number of hydrogen-bond acceptors (Lipinski definition) is 3. The SMILES string of the molecule is CNC1CCN(CC(O)C(C)C)c2ccccc21. The molecule has 1 aromatic rings. The number of hydrogen-bond donors (Lipinski definition) is 2. The zero-order valence-electron chi connectivity index (χ0n) is 11.6. The maximum absolute atomic E-state index is 10.1. The molecule has 0 radical (unpaired) electrons. The number of aliphatic hydroxyl groups excluding tert-OH is 1. The van der Waals surface area contributed by atoms with E-state index >= 15 is 0 Å².